The molecule has 1 atom stereocenters. The molecule has 1 amide bonds. The first-order chi connectivity index (χ1) is 16.9. The summed E-state index contributed by atoms with van der Waals surface area (Å²) in [6, 6.07) is 17.4. The van der Waals surface area contributed by atoms with Gasteiger partial charge in [-0.2, -0.15) is 5.10 Å². The van der Waals surface area contributed by atoms with Crippen LogP contribution in [0.15, 0.2) is 85.6 Å². The number of aryl methyl sites for hydroxylation is 1. The summed E-state index contributed by atoms with van der Waals surface area (Å²) in [5.41, 5.74) is 6.69. The number of hydrogen-bond donors (Lipinski definition) is 1. The van der Waals surface area contributed by atoms with E-state index in [-0.39, 0.29) is 17.7 Å². The van der Waals surface area contributed by atoms with Crippen LogP contribution in [0.5, 0.6) is 0 Å². The summed E-state index contributed by atoms with van der Waals surface area (Å²) in [7, 11) is 1.91. The molecule has 0 saturated heterocycles. The Kier molecular flexibility index (Phi) is 6.14. The monoisotopic (exact) mass is 483 g/mol. The van der Waals surface area contributed by atoms with E-state index in [4.69, 9.17) is 11.6 Å². The first-order valence-corrected chi connectivity index (χ1v) is 11.9. The molecule has 5 aromatic rings. The van der Waals surface area contributed by atoms with Gasteiger partial charge in [0, 0.05) is 59.2 Å². The summed E-state index contributed by atoms with van der Waals surface area (Å²) in [5.74, 6) is -0.169. The fourth-order valence-corrected chi connectivity index (χ4v) is 4.56. The molecular formula is C28H26ClN5O. The molecule has 1 N–H and O–H groups in total. The summed E-state index contributed by atoms with van der Waals surface area (Å²) >= 11 is 6.03. The van der Waals surface area contributed by atoms with Crippen LogP contribution in [0.2, 0.25) is 5.02 Å². The molecule has 1 unspecified atom stereocenters. The van der Waals surface area contributed by atoms with Gasteiger partial charge in [-0.15, -0.1) is 0 Å². The van der Waals surface area contributed by atoms with E-state index < -0.39 is 0 Å². The van der Waals surface area contributed by atoms with Crippen LogP contribution in [0, 0.1) is 5.92 Å². The fraction of sp³-hybridized carbons (Fsp3) is 0.179. The molecule has 0 aliphatic rings. The van der Waals surface area contributed by atoms with Crippen molar-refractivity contribution < 1.29 is 4.79 Å². The van der Waals surface area contributed by atoms with Gasteiger partial charge >= 0.3 is 0 Å². The van der Waals surface area contributed by atoms with Crippen molar-refractivity contribution in [2.75, 3.05) is 5.32 Å². The molecule has 2 aromatic carbocycles. The quantitative estimate of drug-likeness (QED) is 0.302. The van der Waals surface area contributed by atoms with Crippen molar-refractivity contribution in [1.82, 2.24) is 19.2 Å². The van der Waals surface area contributed by atoms with Crippen molar-refractivity contribution in [2.24, 2.45) is 13.0 Å². The summed E-state index contributed by atoms with van der Waals surface area (Å²) in [6.07, 6.45) is 9.66. The smallest absolute Gasteiger partial charge is 0.232 e. The zero-order valence-electron chi connectivity index (χ0n) is 19.8. The zero-order valence-corrected chi connectivity index (χ0v) is 20.6. The van der Waals surface area contributed by atoms with Crippen LogP contribution < -0.4 is 5.32 Å². The van der Waals surface area contributed by atoms with Crippen LogP contribution in [-0.2, 0) is 11.8 Å². The standard InChI is InChI=1S/C28H26ClN5O/c1-18(2)26(19-4-8-23(29)9-5-19)28(35)32-24-10-6-20(7-11-24)27-25-14-21(17-34(25)13-12-30-27)22-15-31-33(3)16-22/h4-18,26H,1-3H3,(H,32,35). The van der Waals surface area contributed by atoms with Gasteiger partial charge in [0.25, 0.3) is 0 Å². The van der Waals surface area contributed by atoms with E-state index in [1.807, 2.05) is 88.0 Å². The second kappa shape index (κ2) is 9.39. The van der Waals surface area contributed by atoms with Gasteiger partial charge in [-0.3, -0.25) is 14.5 Å². The third kappa shape index (κ3) is 4.70. The topological polar surface area (TPSA) is 64.2 Å². The van der Waals surface area contributed by atoms with E-state index in [0.29, 0.717) is 5.02 Å². The second-order valence-electron chi connectivity index (χ2n) is 9.04. The molecule has 0 fully saturated rings. The highest BCUT2D eigenvalue weighted by Gasteiger charge is 2.24. The minimum absolute atomic E-state index is 0.0389. The molecule has 5 rings (SSSR count). The number of anilines is 1. The minimum atomic E-state index is -0.269. The van der Waals surface area contributed by atoms with E-state index in [1.165, 1.54) is 0 Å². The molecule has 0 spiro atoms. The lowest BCUT2D eigenvalue weighted by Crippen LogP contribution is -2.25. The van der Waals surface area contributed by atoms with Crippen molar-refractivity contribution in [3.05, 3.63) is 96.2 Å². The molecule has 0 aliphatic carbocycles. The Morgan fingerprint density at radius 1 is 0.971 bits per heavy atom. The number of fused-ring (bicyclic) bond motifs is 1. The predicted molar refractivity (Wildman–Crippen MR) is 140 cm³/mol. The zero-order chi connectivity index (χ0) is 24.5. The number of halogens is 1. The van der Waals surface area contributed by atoms with E-state index in [9.17, 15) is 4.79 Å². The molecule has 0 bridgehead atoms. The first-order valence-electron chi connectivity index (χ1n) is 11.5. The minimum Gasteiger partial charge on any atom is -0.326 e. The molecular weight excluding hydrogens is 458 g/mol. The molecule has 6 nitrogen and oxygen atoms in total. The second-order valence-corrected chi connectivity index (χ2v) is 9.48. The molecule has 3 aromatic heterocycles. The molecule has 35 heavy (non-hydrogen) atoms. The number of nitrogens with zero attached hydrogens (tertiary/aromatic N) is 4. The number of carbonyl (C=O) groups is 1. The van der Waals surface area contributed by atoms with Gasteiger partial charge < -0.3 is 9.72 Å². The van der Waals surface area contributed by atoms with Gasteiger partial charge in [-0.25, -0.2) is 0 Å². The Morgan fingerprint density at radius 3 is 2.37 bits per heavy atom. The number of benzene rings is 2. The van der Waals surface area contributed by atoms with E-state index in [0.717, 1.165) is 39.2 Å². The molecule has 176 valence electrons. The molecule has 3 heterocycles. The summed E-state index contributed by atoms with van der Waals surface area (Å²) in [5, 5.41) is 8.01. The maximum atomic E-state index is 13.1. The SMILES string of the molecule is CC(C)C(C(=O)Nc1ccc(-c2nccn3cc(-c4cnn(C)c4)cc23)cc1)c1ccc(Cl)cc1. The van der Waals surface area contributed by atoms with Gasteiger partial charge in [0.15, 0.2) is 0 Å². The summed E-state index contributed by atoms with van der Waals surface area (Å²) in [6.45, 7) is 4.09. The Bertz CT molecular complexity index is 1480. The van der Waals surface area contributed by atoms with E-state index in [2.05, 4.69) is 32.1 Å². The number of rotatable bonds is 6. The Labute approximate surface area is 209 Å². The lowest BCUT2D eigenvalue weighted by Gasteiger charge is -2.21. The van der Waals surface area contributed by atoms with E-state index in [1.54, 1.807) is 10.9 Å². The third-order valence-corrected chi connectivity index (χ3v) is 6.42. The average Bonchev–Trinajstić information content (AvgIpc) is 3.47. The Morgan fingerprint density at radius 2 is 1.71 bits per heavy atom. The normalized spacial score (nSPS) is 12.3. The van der Waals surface area contributed by atoms with Crippen molar-refractivity contribution in [3.63, 3.8) is 0 Å². The van der Waals surface area contributed by atoms with Gasteiger partial charge in [-0.1, -0.05) is 49.7 Å². The Balaban J connectivity index is 1.39. The third-order valence-electron chi connectivity index (χ3n) is 6.16. The van der Waals surface area contributed by atoms with Gasteiger partial charge in [0.1, 0.15) is 0 Å². The predicted octanol–water partition coefficient (Wildman–Crippen LogP) is 6.43. The Hall–Kier alpha value is -3.90. The van der Waals surface area contributed by atoms with Crippen LogP contribution in [0.25, 0.3) is 27.9 Å². The van der Waals surface area contributed by atoms with Crippen LogP contribution in [0.1, 0.15) is 25.3 Å². The lowest BCUT2D eigenvalue weighted by molar-refractivity contribution is -0.118. The summed E-state index contributed by atoms with van der Waals surface area (Å²) in [4.78, 5) is 17.8. The largest absolute Gasteiger partial charge is 0.326 e. The van der Waals surface area contributed by atoms with Crippen molar-refractivity contribution in [2.45, 2.75) is 19.8 Å². The molecule has 0 aliphatic heterocycles. The van der Waals surface area contributed by atoms with Crippen molar-refractivity contribution in [1.29, 1.82) is 0 Å². The maximum Gasteiger partial charge on any atom is 0.232 e. The highest BCUT2D eigenvalue weighted by molar-refractivity contribution is 6.30. The van der Waals surface area contributed by atoms with Crippen LogP contribution in [-0.4, -0.2) is 25.1 Å². The molecule has 0 saturated carbocycles. The number of carbonyl (C=O) groups excluding carboxylic acids is 1. The number of amides is 1. The van der Waals surface area contributed by atoms with E-state index >= 15 is 0 Å². The van der Waals surface area contributed by atoms with Gasteiger partial charge in [0.05, 0.1) is 23.3 Å². The molecule has 7 heteroatoms. The number of nitrogens with one attached hydrogen (secondary N) is 1. The van der Waals surface area contributed by atoms with Crippen LogP contribution >= 0.6 is 11.6 Å². The van der Waals surface area contributed by atoms with Crippen molar-refractivity contribution >= 4 is 28.7 Å². The highest BCUT2D eigenvalue weighted by Crippen LogP contribution is 2.30. The van der Waals surface area contributed by atoms with Crippen LogP contribution in [0.4, 0.5) is 5.69 Å². The number of hydrogen-bond acceptors (Lipinski definition) is 3. The lowest BCUT2D eigenvalue weighted by atomic mass is 9.87. The van der Waals surface area contributed by atoms with Crippen molar-refractivity contribution in [3.8, 4) is 22.4 Å². The average molecular weight is 484 g/mol. The highest BCUT2D eigenvalue weighted by atomic mass is 35.5. The number of aromatic nitrogens is 4. The fourth-order valence-electron chi connectivity index (χ4n) is 4.43. The maximum absolute atomic E-state index is 13.1. The molecule has 0 radical (unpaired) electrons. The first kappa shape index (κ1) is 22.9. The van der Waals surface area contributed by atoms with Gasteiger partial charge in [0.2, 0.25) is 5.91 Å². The summed E-state index contributed by atoms with van der Waals surface area (Å²) < 4.78 is 3.86. The van der Waals surface area contributed by atoms with Crippen LogP contribution in [0.3, 0.4) is 0 Å². The van der Waals surface area contributed by atoms with Gasteiger partial charge in [-0.05, 0) is 41.8 Å².